The fourth-order valence-electron chi connectivity index (χ4n) is 1.29. The fourth-order valence-corrected chi connectivity index (χ4v) is 1.29. The molecule has 0 unspecified atom stereocenters. The van der Waals surface area contributed by atoms with Crippen LogP contribution >= 0.6 is 0 Å². The number of carbonyl (C=O) groups excluding carboxylic acids is 1. The van der Waals surface area contributed by atoms with Crippen LogP contribution in [0.15, 0.2) is 12.1 Å². The molecule has 1 aromatic heterocycles. The van der Waals surface area contributed by atoms with Gasteiger partial charge in [0.25, 0.3) is 0 Å². The molecular formula is C12H21N5O2. The van der Waals surface area contributed by atoms with E-state index in [2.05, 4.69) is 15.6 Å². The number of nitrogens with one attached hydrogen (secondary N) is 2. The van der Waals surface area contributed by atoms with E-state index in [1.165, 1.54) is 0 Å². The molecule has 1 rings (SSSR count). The Labute approximate surface area is 112 Å². The second kappa shape index (κ2) is 7.30. The Morgan fingerprint density at radius 3 is 2.79 bits per heavy atom. The minimum absolute atomic E-state index is 0.401. The van der Waals surface area contributed by atoms with E-state index in [-0.39, 0.29) is 0 Å². The Bertz CT molecular complexity index is 423. The molecule has 7 nitrogen and oxygen atoms in total. The molecule has 0 atom stereocenters. The molecule has 1 aromatic rings. The van der Waals surface area contributed by atoms with E-state index < -0.39 is 6.03 Å². The normalized spacial score (nSPS) is 10.3. The Morgan fingerprint density at radius 2 is 2.16 bits per heavy atom. The molecular weight excluding hydrogens is 246 g/mol. The first kappa shape index (κ1) is 14.9. The van der Waals surface area contributed by atoms with Crippen LogP contribution < -0.4 is 26.8 Å². The number of pyridine rings is 1. The van der Waals surface area contributed by atoms with Crippen LogP contribution in [-0.2, 0) is 0 Å². The number of hydrogen-bond acceptors (Lipinski definition) is 5. The number of rotatable bonds is 7. The Morgan fingerprint density at radius 1 is 1.42 bits per heavy atom. The van der Waals surface area contributed by atoms with Crippen molar-refractivity contribution in [1.29, 1.82) is 0 Å². The summed E-state index contributed by atoms with van der Waals surface area (Å²) in [7, 11) is 0. The summed E-state index contributed by atoms with van der Waals surface area (Å²) in [6.07, 6.45) is 0. The molecule has 0 spiro atoms. The molecule has 0 aliphatic rings. The van der Waals surface area contributed by atoms with Crippen molar-refractivity contribution >= 4 is 17.5 Å². The number of anilines is 2. The lowest BCUT2D eigenvalue weighted by Crippen LogP contribution is -2.33. The number of nitrogens with zero attached hydrogens (tertiary/aromatic N) is 1. The van der Waals surface area contributed by atoms with Crippen LogP contribution in [-0.4, -0.2) is 30.7 Å². The van der Waals surface area contributed by atoms with Crippen molar-refractivity contribution in [3.63, 3.8) is 0 Å². The standard InChI is InChI=1S/C12H21N5O2/c1-8(2)7-19-11-9(13)3-4-10(17-11)15-5-6-16-12(14)18/h3-4,8H,5-7,13H2,1-2H3,(H,15,17)(H3,14,16,18). The van der Waals surface area contributed by atoms with Gasteiger partial charge in [-0.15, -0.1) is 0 Å². The Balaban J connectivity index is 2.50. The van der Waals surface area contributed by atoms with Crippen LogP contribution in [0.1, 0.15) is 13.8 Å². The lowest BCUT2D eigenvalue weighted by atomic mass is 10.2. The molecule has 1 heterocycles. The van der Waals surface area contributed by atoms with Crippen LogP contribution in [0.5, 0.6) is 5.88 Å². The molecule has 0 aliphatic heterocycles. The van der Waals surface area contributed by atoms with Crippen LogP contribution in [0, 0.1) is 5.92 Å². The summed E-state index contributed by atoms with van der Waals surface area (Å²) >= 11 is 0. The van der Waals surface area contributed by atoms with Gasteiger partial charge in [-0.05, 0) is 18.1 Å². The minimum Gasteiger partial charge on any atom is -0.476 e. The summed E-state index contributed by atoms with van der Waals surface area (Å²) in [4.78, 5) is 14.7. The summed E-state index contributed by atoms with van der Waals surface area (Å²) in [5, 5.41) is 5.51. The van der Waals surface area contributed by atoms with E-state index in [9.17, 15) is 4.79 Å². The number of carbonyl (C=O) groups is 1. The summed E-state index contributed by atoms with van der Waals surface area (Å²) in [6.45, 7) is 5.60. The molecule has 2 amide bonds. The lowest BCUT2D eigenvalue weighted by molar-refractivity contribution is 0.249. The van der Waals surface area contributed by atoms with Crippen molar-refractivity contribution in [2.45, 2.75) is 13.8 Å². The third-order valence-corrected chi connectivity index (χ3v) is 2.17. The summed E-state index contributed by atoms with van der Waals surface area (Å²) in [5.74, 6) is 1.46. The van der Waals surface area contributed by atoms with Gasteiger partial charge in [0.15, 0.2) is 0 Å². The second-order valence-corrected chi connectivity index (χ2v) is 4.51. The quantitative estimate of drug-likeness (QED) is 0.545. The predicted octanol–water partition coefficient (Wildman–Crippen LogP) is 0.779. The van der Waals surface area contributed by atoms with E-state index >= 15 is 0 Å². The molecule has 106 valence electrons. The van der Waals surface area contributed by atoms with E-state index in [1.54, 1.807) is 12.1 Å². The highest BCUT2D eigenvalue weighted by atomic mass is 16.5. The van der Waals surface area contributed by atoms with Crippen molar-refractivity contribution in [2.24, 2.45) is 11.7 Å². The predicted molar refractivity (Wildman–Crippen MR) is 75.1 cm³/mol. The van der Waals surface area contributed by atoms with Gasteiger partial charge >= 0.3 is 6.03 Å². The highest BCUT2D eigenvalue weighted by molar-refractivity contribution is 5.71. The maximum Gasteiger partial charge on any atom is 0.312 e. The van der Waals surface area contributed by atoms with Gasteiger partial charge in [-0.25, -0.2) is 4.79 Å². The minimum atomic E-state index is -0.548. The van der Waals surface area contributed by atoms with Crippen LogP contribution in [0.4, 0.5) is 16.3 Å². The molecule has 0 bridgehead atoms. The van der Waals surface area contributed by atoms with E-state index in [0.29, 0.717) is 43.0 Å². The third kappa shape index (κ3) is 5.80. The van der Waals surface area contributed by atoms with Crippen molar-refractivity contribution in [2.75, 3.05) is 30.7 Å². The van der Waals surface area contributed by atoms with Crippen molar-refractivity contribution in [1.82, 2.24) is 10.3 Å². The number of nitrogens with two attached hydrogens (primary N) is 2. The van der Waals surface area contributed by atoms with E-state index in [0.717, 1.165) is 0 Å². The average Bonchev–Trinajstić information content (AvgIpc) is 2.34. The van der Waals surface area contributed by atoms with Gasteiger partial charge < -0.3 is 26.8 Å². The summed E-state index contributed by atoms with van der Waals surface area (Å²) < 4.78 is 5.52. The van der Waals surface area contributed by atoms with E-state index in [4.69, 9.17) is 16.2 Å². The number of hydrogen-bond donors (Lipinski definition) is 4. The van der Waals surface area contributed by atoms with E-state index in [1.807, 2.05) is 13.8 Å². The number of primary amides is 1. The molecule has 0 fully saturated rings. The van der Waals surface area contributed by atoms with Crippen LogP contribution in [0.2, 0.25) is 0 Å². The zero-order valence-electron chi connectivity index (χ0n) is 11.3. The molecule has 0 saturated carbocycles. The zero-order chi connectivity index (χ0) is 14.3. The lowest BCUT2D eigenvalue weighted by Gasteiger charge is -2.12. The van der Waals surface area contributed by atoms with Crippen molar-refractivity contribution < 1.29 is 9.53 Å². The van der Waals surface area contributed by atoms with Gasteiger partial charge in [-0.3, -0.25) is 0 Å². The highest BCUT2D eigenvalue weighted by Crippen LogP contribution is 2.21. The first-order valence-electron chi connectivity index (χ1n) is 6.15. The zero-order valence-corrected chi connectivity index (χ0v) is 11.3. The van der Waals surface area contributed by atoms with Gasteiger partial charge in [0.05, 0.1) is 12.3 Å². The molecule has 0 aliphatic carbocycles. The van der Waals surface area contributed by atoms with Crippen molar-refractivity contribution in [3.05, 3.63) is 12.1 Å². The third-order valence-electron chi connectivity index (χ3n) is 2.17. The summed E-state index contributed by atoms with van der Waals surface area (Å²) in [6, 6.07) is 2.93. The van der Waals surface area contributed by atoms with Crippen molar-refractivity contribution in [3.8, 4) is 5.88 Å². The number of urea groups is 1. The molecule has 6 N–H and O–H groups in total. The number of amides is 2. The molecule has 0 aromatic carbocycles. The molecule has 19 heavy (non-hydrogen) atoms. The molecule has 0 saturated heterocycles. The topological polar surface area (TPSA) is 115 Å². The van der Waals surface area contributed by atoms with Crippen LogP contribution in [0.3, 0.4) is 0 Å². The SMILES string of the molecule is CC(C)COc1nc(NCCNC(N)=O)ccc1N. The monoisotopic (exact) mass is 267 g/mol. The second-order valence-electron chi connectivity index (χ2n) is 4.51. The van der Waals surface area contributed by atoms with Gasteiger partial charge in [0.1, 0.15) is 5.82 Å². The first-order chi connectivity index (χ1) is 8.99. The maximum absolute atomic E-state index is 10.5. The average molecular weight is 267 g/mol. The number of nitrogen functional groups attached to an aromatic ring is 1. The first-order valence-corrected chi connectivity index (χ1v) is 6.15. The molecule has 0 radical (unpaired) electrons. The van der Waals surface area contributed by atoms with Gasteiger partial charge in [0.2, 0.25) is 5.88 Å². The van der Waals surface area contributed by atoms with Gasteiger partial charge in [-0.1, -0.05) is 13.8 Å². The van der Waals surface area contributed by atoms with Crippen LogP contribution in [0.25, 0.3) is 0 Å². The number of aromatic nitrogens is 1. The maximum atomic E-state index is 10.5. The molecule has 7 heteroatoms. The Kier molecular flexibility index (Phi) is 5.72. The number of ether oxygens (including phenoxy) is 1. The largest absolute Gasteiger partial charge is 0.476 e. The highest BCUT2D eigenvalue weighted by Gasteiger charge is 2.05. The van der Waals surface area contributed by atoms with Gasteiger partial charge in [0, 0.05) is 13.1 Å². The fraction of sp³-hybridized carbons (Fsp3) is 0.500. The Hall–Kier alpha value is -2.18. The van der Waals surface area contributed by atoms with Gasteiger partial charge in [-0.2, -0.15) is 4.98 Å². The summed E-state index contributed by atoms with van der Waals surface area (Å²) in [5.41, 5.74) is 11.2. The smallest absolute Gasteiger partial charge is 0.312 e.